The summed E-state index contributed by atoms with van der Waals surface area (Å²) in [7, 11) is 0. The molecular formula is C13H17F2N. The Kier molecular flexibility index (Phi) is 2.54. The van der Waals surface area contributed by atoms with E-state index in [2.05, 4.69) is 13.8 Å². The Morgan fingerprint density at radius 3 is 2.25 bits per heavy atom. The third kappa shape index (κ3) is 1.54. The molecule has 1 atom stereocenters. The van der Waals surface area contributed by atoms with Crippen molar-refractivity contribution in [3.63, 3.8) is 0 Å². The summed E-state index contributed by atoms with van der Waals surface area (Å²) < 4.78 is 26.2. The fraction of sp³-hybridized carbons (Fsp3) is 0.538. The van der Waals surface area contributed by atoms with Crippen molar-refractivity contribution in [2.75, 3.05) is 0 Å². The minimum Gasteiger partial charge on any atom is -0.317 e. The van der Waals surface area contributed by atoms with Crippen LogP contribution in [0.15, 0.2) is 24.3 Å². The zero-order valence-electron chi connectivity index (χ0n) is 9.63. The minimum atomic E-state index is -2.51. The van der Waals surface area contributed by atoms with E-state index in [1.807, 2.05) is 12.1 Å². The Morgan fingerprint density at radius 2 is 1.69 bits per heavy atom. The number of nitrogens with two attached hydrogens (primary N) is 1. The quantitative estimate of drug-likeness (QED) is 0.780. The molecule has 0 spiro atoms. The van der Waals surface area contributed by atoms with Crippen LogP contribution in [0, 0.1) is 0 Å². The van der Waals surface area contributed by atoms with Gasteiger partial charge >= 0.3 is 0 Å². The average Bonchev–Trinajstić information content (AvgIpc) is 2.24. The molecule has 0 radical (unpaired) electrons. The second-order valence-electron chi connectivity index (χ2n) is 5.27. The van der Waals surface area contributed by atoms with Crippen LogP contribution < -0.4 is 5.73 Å². The van der Waals surface area contributed by atoms with E-state index in [4.69, 9.17) is 5.73 Å². The molecule has 2 rings (SSSR count). The van der Waals surface area contributed by atoms with E-state index >= 15 is 0 Å². The van der Waals surface area contributed by atoms with Crippen LogP contribution in [0.5, 0.6) is 0 Å². The molecule has 0 bridgehead atoms. The Balaban J connectivity index is 2.60. The zero-order chi connectivity index (χ0) is 12.0. The predicted molar refractivity (Wildman–Crippen MR) is 60.6 cm³/mol. The molecule has 0 fully saturated rings. The molecule has 16 heavy (non-hydrogen) atoms. The predicted octanol–water partition coefficient (Wildman–Crippen LogP) is 3.18. The number of rotatable bonds is 1. The summed E-state index contributed by atoms with van der Waals surface area (Å²) in [5, 5.41) is 0. The molecule has 88 valence electrons. The average molecular weight is 225 g/mol. The van der Waals surface area contributed by atoms with Gasteiger partial charge in [-0.25, -0.2) is 8.78 Å². The van der Waals surface area contributed by atoms with Crippen LogP contribution in [-0.4, -0.2) is 6.43 Å². The molecule has 1 aliphatic carbocycles. The number of alkyl halides is 2. The molecule has 1 aliphatic rings. The van der Waals surface area contributed by atoms with Gasteiger partial charge in [0.05, 0.1) is 0 Å². The summed E-state index contributed by atoms with van der Waals surface area (Å²) >= 11 is 0. The van der Waals surface area contributed by atoms with Gasteiger partial charge in [0, 0.05) is 0 Å². The Labute approximate surface area is 94.7 Å². The molecule has 1 unspecified atom stereocenters. The van der Waals surface area contributed by atoms with Crippen LogP contribution in [0.2, 0.25) is 0 Å². The molecule has 3 heteroatoms. The second kappa shape index (κ2) is 3.52. The van der Waals surface area contributed by atoms with Gasteiger partial charge < -0.3 is 5.73 Å². The number of hydrogen-bond donors (Lipinski definition) is 1. The number of hydrogen-bond acceptors (Lipinski definition) is 1. The first-order chi connectivity index (χ1) is 7.38. The second-order valence-corrected chi connectivity index (χ2v) is 5.27. The maximum absolute atomic E-state index is 13.1. The highest BCUT2D eigenvalue weighted by atomic mass is 19.3. The van der Waals surface area contributed by atoms with E-state index in [9.17, 15) is 8.78 Å². The lowest BCUT2D eigenvalue weighted by Crippen LogP contribution is -2.49. The molecule has 0 heterocycles. The third-order valence-electron chi connectivity index (χ3n) is 3.71. The lowest BCUT2D eigenvalue weighted by Gasteiger charge is -2.42. The molecule has 0 aromatic heterocycles. The largest absolute Gasteiger partial charge is 0.317 e. The van der Waals surface area contributed by atoms with E-state index in [0.717, 1.165) is 5.56 Å². The van der Waals surface area contributed by atoms with E-state index < -0.39 is 12.0 Å². The first-order valence-electron chi connectivity index (χ1n) is 5.55. The Morgan fingerprint density at radius 1 is 1.12 bits per heavy atom. The molecular weight excluding hydrogens is 208 g/mol. The smallest absolute Gasteiger partial charge is 0.260 e. The maximum Gasteiger partial charge on any atom is 0.260 e. The van der Waals surface area contributed by atoms with Crippen LogP contribution in [0.1, 0.15) is 37.8 Å². The summed E-state index contributed by atoms with van der Waals surface area (Å²) in [6.07, 6.45) is -1.47. The van der Waals surface area contributed by atoms with Gasteiger partial charge in [0.15, 0.2) is 0 Å². The topological polar surface area (TPSA) is 26.0 Å². The summed E-state index contributed by atoms with van der Waals surface area (Å²) in [5.41, 5.74) is 5.93. The molecule has 0 saturated heterocycles. The summed E-state index contributed by atoms with van der Waals surface area (Å²) in [5.74, 6) is 0. The van der Waals surface area contributed by atoms with Gasteiger partial charge in [-0.05, 0) is 29.4 Å². The third-order valence-corrected chi connectivity index (χ3v) is 3.71. The molecule has 0 saturated carbocycles. The van der Waals surface area contributed by atoms with Crippen LogP contribution in [0.3, 0.4) is 0 Å². The highest BCUT2D eigenvalue weighted by Gasteiger charge is 2.45. The van der Waals surface area contributed by atoms with Crippen molar-refractivity contribution in [3.05, 3.63) is 35.4 Å². The number of fused-ring (bicyclic) bond motifs is 1. The van der Waals surface area contributed by atoms with Gasteiger partial charge in [-0.3, -0.25) is 0 Å². The number of benzene rings is 1. The lowest BCUT2D eigenvalue weighted by molar-refractivity contribution is 0.0350. The standard InChI is InChI=1S/C13H17F2N/c1-12(2)7-8-13(16,11(14)15)10-6-4-3-5-9(10)12/h3-6,11H,7-8,16H2,1-2H3. The fourth-order valence-corrected chi connectivity index (χ4v) is 2.49. The minimum absolute atomic E-state index is 0.0612. The van der Waals surface area contributed by atoms with Gasteiger partial charge in [-0.2, -0.15) is 0 Å². The van der Waals surface area contributed by atoms with Crippen LogP contribution in [0.4, 0.5) is 8.78 Å². The van der Waals surface area contributed by atoms with Gasteiger partial charge in [0.1, 0.15) is 5.54 Å². The monoisotopic (exact) mass is 225 g/mol. The summed E-state index contributed by atoms with van der Waals surface area (Å²) in [6, 6.07) is 7.32. The first-order valence-corrected chi connectivity index (χ1v) is 5.55. The summed E-state index contributed by atoms with van der Waals surface area (Å²) in [6.45, 7) is 4.16. The van der Waals surface area contributed by atoms with Crippen molar-refractivity contribution in [2.45, 2.75) is 44.1 Å². The Hall–Kier alpha value is -0.960. The van der Waals surface area contributed by atoms with Crippen molar-refractivity contribution >= 4 is 0 Å². The van der Waals surface area contributed by atoms with E-state index in [-0.39, 0.29) is 5.41 Å². The molecule has 0 aliphatic heterocycles. The lowest BCUT2D eigenvalue weighted by atomic mass is 9.66. The highest BCUT2D eigenvalue weighted by molar-refractivity contribution is 5.41. The van der Waals surface area contributed by atoms with Gasteiger partial charge in [-0.15, -0.1) is 0 Å². The van der Waals surface area contributed by atoms with Crippen LogP contribution in [0.25, 0.3) is 0 Å². The van der Waals surface area contributed by atoms with Gasteiger partial charge in [-0.1, -0.05) is 38.1 Å². The zero-order valence-corrected chi connectivity index (χ0v) is 9.63. The van der Waals surface area contributed by atoms with Crippen molar-refractivity contribution in [3.8, 4) is 0 Å². The maximum atomic E-state index is 13.1. The van der Waals surface area contributed by atoms with E-state index in [1.165, 1.54) is 0 Å². The van der Waals surface area contributed by atoms with E-state index in [1.54, 1.807) is 12.1 Å². The fourth-order valence-electron chi connectivity index (χ4n) is 2.49. The molecule has 1 nitrogen and oxygen atoms in total. The van der Waals surface area contributed by atoms with Crippen molar-refractivity contribution < 1.29 is 8.78 Å². The van der Waals surface area contributed by atoms with Crippen molar-refractivity contribution in [1.29, 1.82) is 0 Å². The molecule has 2 N–H and O–H groups in total. The Bertz CT molecular complexity index is 401. The molecule has 1 aromatic carbocycles. The van der Waals surface area contributed by atoms with Gasteiger partial charge in [0.25, 0.3) is 6.43 Å². The normalized spacial score (nSPS) is 27.9. The SMILES string of the molecule is CC1(C)CCC(N)(C(F)F)c2ccccc21. The van der Waals surface area contributed by atoms with Crippen molar-refractivity contribution in [1.82, 2.24) is 0 Å². The van der Waals surface area contributed by atoms with Gasteiger partial charge in [0.2, 0.25) is 0 Å². The summed E-state index contributed by atoms with van der Waals surface area (Å²) in [4.78, 5) is 0. The van der Waals surface area contributed by atoms with Crippen LogP contribution in [-0.2, 0) is 11.0 Å². The van der Waals surface area contributed by atoms with Crippen molar-refractivity contribution in [2.24, 2.45) is 5.73 Å². The highest BCUT2D eigenvalue weighted by Crippen LogP contribution is 2.45. The number of halogens is 2. The molecule has 1 aromatic rings. The van der Waals surface area contributed by atoms with Crippen LogP contribution >= 0.6 is 0 Å². The first kappa shape index (κ1) is 11.5. The van der Waals surface area contributed by atoms with E-state index in [0.29, 0.717) is 18.4 Å². The molecule has 0 amide bonds.